The molecule has 472 valence electrons. The molecule has 0 aliphatic heterocycles. The Hall–Kier alpha value is -13.4. The lowest BCUT2D eigenvalue weighted by Crippen LogP contribution is -1.99. The van der Waals surface area contributed by atoms with E-state index >= 15 is 0 Å². The van der Waals surface area contributed by atoms with E-state index in [-0.39, 0.29) is 0 Å². The van der Waals surface area contributed by atoms with E-state index in [0.29, 0.717) is 0 Å². The molecule has 0 fully saturated rings. The second-order valence-electron chi connectivity index (χ2n) is 26.7. The third kappa shape index (κ3) is 8.22. The van der Waals surface area contributed by atoms with Crippen molar-refractivity contribution >= 4 is 143 Å². The van der Waals surface area contributed by atoms with E-state index in [1.807, 2.05) is 6.08 Å². The molecule has 21 aromatic rings. The van der Waals surface area contributed by atoms with Gasteiger partial charge in [-0.05, 0) is 161 Å². The van der Waals surface area contributed by atoms with Gasteiger partial charge in [-0.2, -0.15) is 0 Å². The van der Waals surface area contributed by atoms with Gasteiger partial charge in [-0.15, -0.1) is 0 Å². The van der Waals surface area contributed by atoms with E-state index in [1.165, 1.54) is 81.1 Å². The van der Waals surface area contributed by atoms with Crippen molar-refractivity contribution in [2.24, 2.45) is 0 Å². The number of nitrogens with zero attached hydrogens (tertiary/aromatic N) is 6. The Kier molecular flexibility index (Phi) is 12.4. The van der Waals surface area contributed by atoms with Gasteiger partial charge in [0, 0.05) is 81.9 Å². The molecule has 6 heteroatoms. The Labute approximate surface area is 581 Å². The molecule has 0 spiro atoms. The van der Waals surface area contributed by atoms with Gasteiger partial charge in [-0.25, -0.2) is 0 Å². The van der Waals surface area contributed by atoms with Crippen LogP contribution in [-0.2, 0) is 0 Å². The van der Waals surface area contributed by atoms with Crippen LogP contribution >= 0.6 is 0 Å². The number of allylic oxidation sites excluding steroid dienone is 1. The number of fused-ring (bicyclic) bond motifs is 17. The number of para-hydroxylation sites is 6. The third-order valence-corrected chi connectivity index (χ3v) is 21.5. The second-order valence-corrected chi connectivity index (χ2v) is 26.7. The molecular formula is C95H62N6. The van der Waals surface area contributed by atoms with Gasteiger partial charge in [-0.1, -0.05) is 231 Å². The van der Waals surface area contributed by atoms with Crippen molar-refractivity contribution < 1.29 is 0 Å². The van der Waals surface area contributed by atoms with Gasteiger partial charge in [0.1, 0.15) is 0 Å². The Morgan fingerprint density at radius 1 is 0.248 bits per heavy atom. The molecule has 6 aromatic heterocycles. The van der Waals surface area contributed by atoms with Gasteiger partial charge in [0.05, 0.1) is 83.4 Å². The van der Waals surface area contributed by atoms with Gasteiger partial charge < -0.3 is 27.4 Å². The fourth-order valence-electron chi connectivity index (χ4n) is 17.4. The summed E-state index contributed by atoms with van der Waals surface area (Å²) in [6, 6.07) is 121. The maximum Gasteiger partial charge on any atom is 0.0562 e. The molecule has 0 N–H and O–H groups in total. The Morgan fingerprint density at radius 2 is 0.624 bits per heavy atom. The van der Waals surface area contributed by atoms with Crippen molar-refractivity contribution in [3.8, 4) is 56.4 Å². The first kappa shape index (κ1) is 56.7. The summed E-state index contributed by atoms with van der Waals surface area (Å²) in [4.78, 5) is 0. The summed E-state index contributed by atoms with van der Waals surface area (Å²) in [7, 11) is 0. The standard InChI is InChI=1S/C95H62N6/c1-3-25-69-70-32-10-16-39-80(70)99(78(69)4-2)87-46-24-49-89-94(87)76-37-14-20-43-84(76)101(89)90-48-23-45-86-95(90)77-54-51-63(58-91(77)98(86)65-52-50-60-26-5-6-27-61(60)56-65)68-31-8-7-30-67(68)62-28-21-29-64(57-62)97-79-38-15-9-35-73(79)74-55-53-66(59-92(74)97)96-83-42-19-13-36-75(83)93-85(96)44-22-47-88(93)100-81-40-17-11-33-71(81)72-34-12-18-41-82(72)100/h3-59H,2H2,1H3/b25-3-. The first-order chi connectivity index (χ1) is 50.1. The predicted octanol–water partition coefficient (Wildman–Crippen LogP) is 25.3. The van der Waals surface area contributed by atoms with Gasteiger partial charge in [-0.3, -0.25) is 0 Å². The lowest BCUT2D eigenvalue weighted by molar-refractivity contribution is 1.12. The SMILES string of the molecule is C=Cc1c(/C=C\C)c2ccccc2n1-c1cccc2c1c1ccccc1n2-c1cccc2c1c1ccc(-c3ccccc3-c3cccc(-n4c5ccccc5c5ccc(-n6c7ccccc7c7c(-n8c9ccccc9c9ccccc98)cccc76)cc54)c3)cc1n2-c1ccc2ccccc2c1. The van der Waals surface area contributed by atoms with Crippen LogP contribution in [0.25, 0.3) is 199 Å². The number of aromatic nitrogens is 6. The van der Waals surface area contributed by atoms with Crippen LogP contribution in [0.1, 0.15) is 18.2 Å². The van der Waals surface area contributed by atoms with Crippen LogP contribution < -0.4 is 0 Å². The normalized spacial score (nSPS) is 12.2. The Bertz CT molecular complexity index is 7070. The summed E-state index contributed by atoms with van der Waals surface area (Å²) in [6.45, 7) is 6.49. The van der Waals surface area contributed by atoms with Crippen molar-refractivity contribution in [2.75, 3.05) is 0 Å². The zero-order valence-electron chi connectivity index (χ0n) is 55.3. The van der Waals surface area contributed by atoms with Crippen LogP contribution in [0.5, 0.6) is 0 Å². The van der Waals surface area contributed by atoms with Crippen molar-refractivity contribution in [3.05, 3.63) is 351 Å². The number of hydrogen-bond acceptors (Lipinski definition) is 0. The molecule has 0 saturated heterocycles. The minimum atomic E-state index is 1.07. The molecule has 6 nitrogen and oxygen atoms in total. The molecular weight excluding hydrogens is 1230 g/mol. The molecule has 21 rings (SSSR count). The van der Waals surface area contributed by atoms with E-state index in [1.54, 1.807) is 0 Å². The molecule has 0 atom stereocenters. The molecule has 15 aromatic carbocycles. The van der Waals surface area contributed by atoms with Crippen LogP contribution in [0, 0.1) is 0 Å². The number of benzene rings is 15. The Morgan fingerprint density at radius 3 is 1.23 bits per heavy atom. The van der Waals surface area contributed by atoms with Crippen LogP contribution in [0.4, 0.5) is 0 Å². The summed E-state index contributed by atoms with van der Waals surface area (Å²) in [5, 5.41) is 15.7. The smallest absolute Gasteiger partial charge is 0.0562 e. The fraction of sp³-hybridized carbons (Fsp3) is 0.0105. The van der Waals surface area contributed by atoms with Crippen LogP contribution in [-0.4, -0.2) is 27.4 Å². The first-order valence-corrected chi connectivity index (χ1v) is 34.8. The second kappa shape index (κ2) is 22.1. The van der Waals surface area contributed by atoms with E-state index in [4.69, 9.17) is 0 Å². The lowest BCUT2D eigenvalue weighted by Gasteiger charge is -2.15. The zero-order valence-corrected chi connectivity index (χ0v) is 55.3. The minimum Gasteiger partial charge on any atom is -0.309 e. The monoisotopic (exact) mass is 1290 g/mol. The average Bonchev–Trinajstić information content (AvgIpc) is 1.56. The van der Waals surface area contributed by atoms with Crippen molar-refractivity contribution in [1.29, 1.82) is 0 Å². The summed E-state index contributed by atoms with van der Waals surface area (Å²) < 4.78 is 14.8. The number of rotatable bonds is 10. The third-order valence-electron chi connectivity index (χ3n) is 21.5. The summed E-state index contributed by atoms with van der Waals surface area (Å²) in [5.41, 5.74) is 26.2. The maximum atomic E-state index is 4.41. The highest BCUT2D eigenvalue weighted by Crippen LogP contribution is 2.47. The first-order valence-electron chi connectivity index (χ1n) is 34.8. The highest BCUT2D eigenvalue weighted by Gasteiger charge is 2.26. The zero-order chi connectivity index (χ0) is 66.6. The van der Waals surface area contributed by atoms with E-state index in [9.17, 15) is 0 Å². The molecule has 0 amide bonds. The summed E-state index contributed by atoms with van der Waals surface area (Å²) >= 11 is 0. The van der Waals surface area contributed by atoms with Crippen molar-refractivity contribution in [2.45, 2.75) is 6.92 Å². The molecule has 0 unspecified atom stereocenters. The molecule has 0 saturated carbocycles. The van der Waals surface area contributed by atoms with Crippen molar-refractivity contribution in [1.82, 2.24) is 27.4 Å². The van der Waals surface area contributed by atoms with Gasteiger partial charge >= 0.3 is 0 Å². The number of hydrogen-bond donors (Lipinski definition) is 0. The van der Waals surface area contributed by atoms with Gasteiger partial charge in [0.25, 0.3) is 0 Å². The van der Waals surface area contributed by atoms with Gasteiger partial charge in [0.15, 0.2) is 0 Å². The minimum absolute atomic E-state index is 1.07. The summed E-state index contributed by atoms with van der Waals surface area (Å²) in [6.07, 6.45) is 6.35. The molecule has 101 heavy (non-hydrogen) atoms. The fourth-order valence-corrected chi connectivity index (χ4v) is 17.4. The van der Waals surface area contributed by atoms with Gasteiger partial charge in [0.2, 0.25) is 0 Å². The quantitative estimate of drug-likeness (QED) is 0.131. The predicted molar refractivity (Wildman–Crippen MR) is 428 cm³/mol. The summed E-state index contributed by atoms with van der Waals surface area (Å²) in [5.74, 6) is 0. The van der Waals surface area contributed by atoms with E-state index < -0.39 is 0 Å². The largest absolute Gasteiger partial charge is 0.309 e. The Balaban J connectivity index is 0.736. The highest BCUT2D eigenvalue weighted by atomic mass is 15.1. The highest BCUT2D eigenvalue weighted by molar-refractivity contribution is 6.21. The van der Waals surface area contributed by atoms with Crippen LogP contribution in [0.15, 0.2) is 340 Å². The van der Waals surface area contributed by atoms with Crippen LogP contribution in [0.3, 0.4) is 0 Å². The molecule has 0 aliphatic rings. The maximum absolute atomic E-state index is 4.41. The average molecular weight is 1290 g/mol. The lowest BCUT2D eigenvalue weighted by atomic mass is 9.93. The molecule has 0 radical (unpaired) electrons. The van der Waals surface area contributed by atoms with Crippen LogP contribution in [0.2, 0.25) is 0 Å². The topological polar surface area (TPSA) is 29.6 Å². The molecule has 6 heterocycles. The molecule has 0 aliphatic carbocycles. The van der Waals surface area contributed by atoms with Crippen molar-refractivity contribution in [3.63, 3.8) is 0 Å². The van der Waals surface area contributed by atoms with E-state index in [0.717, 1.165) is 117 Å². The molecule has 0 bridgehead atoms. The van der Waals surface area contributed by atoms with E-state index in [2.05, 4.69) is 381 Å².